The van der Waals surface area contributed by atoms with E-state index in [1.54, 1.807) is 0 Å². The molecule has 1 aromatic carbocycles. The van der Waals surface area contributed by atoms with E-state index >= 15 is 0 Å². The van der Waals surface area contributed by atoms with Crippen LogP contribution in [0.5, 0.6) is 11.5 Å². The number of aryl methyl sites for hydroxylation is 1. The lowest BCUT2D eigenvalue weighted by atomic mass is 9.50. The highest BCUT2D eigenvalue weighted by atomic mass is 16.6. The number of benzene rings is 1. The summed E-state index contributed by atoms with van der Waals surface area (Å²) in [6.07, 6.45) is 22.1. The number of carbonyl (C=O) groups is 2. The van der Waals surface area contributed by atoms with Gasteiger partial charge in [-0.2, -0.15) is 0 Å². The first-order chi connectivity index (χ1) is 19.2. The lowest BCUT2D eigenvalue weighted by Gasteiger charge is -2.51. The Balaban J connectivity index is 1.31. The van der Waals surface area contributed by atoms with Crippen LogP contribution in [-0.4, -0.2) is 11.9 Å². The van der Waals surface area contributed by atoms with E-state index < -0.39 is 5.41 Å². The second-order valence-electron chi connectivity index (χ2n) is 14.1. The first kappa shape index (κ1) is 31.1. The Morgan fingerprint density at radius 1 is 0.950 bits per heavy atom. The van der Waals surface area contributed by atoms with E-state index in [9.17, 15) is 9.59 Å². The quantitative estimate of drug-likeness (QED) is 0.116. The summed E-state index contributed by atoms with van der Waals surface area (Å²) < 4.78 is 12.2. The standard InChI is InChI=1S/C36H56O4/c1-6-7-8-9-10-11-12-13-14-15-16-17-18-20-30(37)39-32-28(26(2)3)25-27-21-22-29-35(4,5)23-19-24-36(29)31(27)33(32)40-34(36)38/h25-26,29H,6-24H2,1-5H3/t29-,36+/m0/s1. The lowest BCUT2D eigenvalue weighted by Crippen LogP contribution is -2.52. The van der Waals surface area contributed by atoms with Crippen LogP contribution in [0.3, 0.4) is 0 Å². The summed E-state index contributed by atoms with van der Waals surface area (Å²) in [6, 6.07) is 2.22. The summed E-state index contributed by atoms with van der Waals surface area (Å²) in [7, 11) is 0. The number of rotatable bonds is 16. The van der Waals surface area contributed by atoms with Gasteiger partial charge in [0.2, 0.25) is 0 Å². The Kier molecular flexibility index (Phi) is 10.8. The maximum absolute atomic E-state index is 13.7. The van der Waals surface area contributed by atoms with Gasteiger partial charge in [-0.3, -0.25) is 9.59 Å². The number of carbonyl (C=O) groups excluding carboxylic acids is 2. The molecule has 2 aliphatic carbocycles. The van der Waals surface area contributed by atoms with Gasteiger partial charge in [-0.25, -0.2) is 0 Å². The fourth-order valence-electron chi connectivity index (χ4n) is 8.09. The van der Waals surface area contributed by atoms with E-state index in [1.165, 1.54) is 76.2 Å². The van der Waals surface area contributed by atoms with Gasteiger partial charge in [-0.15, -0.1) is 0 Å². The minimum Gasteiger partial charge on any atom is -0.422 e. The third-order valence-electron chi connectivity index (χ3n) is 10.3. The summed E-state index contributed by atoms with van der Waals surface area (Å²) in [5, 5.41) is 0. The van der Waals surface area contributed by atoms with Gasteiger partial charge in [0.1, 0.15) is 5.41 Å². The first-order valence-electron chi connectivity index (χ1n) is 16.9. The lowest BCUT2D eigenvalue weighted by molar-refractivity contribution is -0.146. The number of ether oxygens (including phenoxy) is 2. The van der Waals surface area contributed by atoms with Gasteiger partial charge in [-0.05, 0) is 54.9 Å². The maximum Gasteiger partial charge on any atom is 0.322 e. The Morgan fingerprint density at radius 2 is 1.55 bits per heavy atom. The molecule has 0 amide bonds. The predicted molar refractivity (Wildman–Crippen MR) is 163 cm³/mol. The van der Waals surface area contributed by atoms with Crippen molar-refractivity contribution in [2.45, 2.75) is 168 Å². The molecule has 1 aromatic rings. The normalized spacial score (nSPS) is 22.6. The van der Waals surface area contributed by atoms with Crippen molar-refractivity contribution in [2.24, 2.45) is 11.3 Å². The molecule has 1 spiro atoms. The largest absolute Gasteiger partial charge is 0.422 e. The van der Waals surface area contributed by atoms with Gasteiger partial charge in [0.15, 0.2) is 11.5 Å². The third-order valence-corrected chi connectivity index (χ3v) is 10.3. The van der Waals surface area contributed by atoms with E-state index in [4.69, 9.17) is 9.47 Å². The Hall–Kier alpha value is -1.84. The van der Waals surface area contributed by atoms with E-state index in [-0.39, 0.29) is 29.2 Å². The molecule has 40 heavy (non-hydrogen) atoms. The molecule has 0 saturated heterocycles. The van der Waals surface area contributed by atoms with Crippen molar-refractivity contribution >= 4 is 11.9 Å². The second-order valence-corrected chi connectivity index (χ2v) is 14.1. The zero-order valence-electron chi connectivity index (χ0n) is 26.3. The van der Waals surface area contributed by atoms with Crippen LogP contribution in [0.2, 0.25) is 0 Å². The average Bonchev–Trinajstić information content (AvgIpc) is 3.20. The zero-order valence-corrected chi connectivity index (χ0v) is 26.3. The Morgan fingerprint density at radius 3 is 2.15 bits per heavy atom. The summed E-state index contributed by atoms with van der Waals surface area (Å²) in [4.78, 5) is 26.7. The van der Waals surface area contributed by atoms with Crippen molar-refractivity contribution in [3.8, 4) is 11.5 Å². The summed E-state index contributed by atoms with van der Waals surface area (Å²) in [6.45, 7) is 11.1. The number of hydrogen-bond acceptors (Lipinski definition) is 4. The molecule has 4 heteroatoms. The maximum atomic E-state index is 13.7. The van der Waals surface area contributed by atoms with Gasteiger partial charge in [0, 0.05) is 17.5 Å². The molecular formula is C36H56O4. The predicted octanol–water partition coefficient (Wildman–Crippen LogP) is 10.1. The van der Waals surface area contributed by atoms with Crippen LogP contribution >= 0.6 is 0 Å². The Bertz CT molecular complexity index is 1020. The third kappa shape index (κ3) is 6.62. The molecule has 4 nitrogen and oxygen atoms in total. The highest BCUT2D eigenvalue weighted by molar-refractivity contribution is 5.94. The molecule has 1 aliphatic heterocycles. The summed E-state index contributed by atoms with van der Waals surface area (Å²) >= 11 is 0. The van der Waals surface area contributed by atoms with Crippen LogP contribution in [0.25, 0.3) is 0 Å². The smallest absolute Gasteiger partial charge is 0.322 e. The van der Waals surface area contributed by atoms with Crippen LogP contribution in [0.15, 0.2) is 6.07 Å². The number of hydrogen-bond donors (Lipinski definition) is 0. The minimum atomic E-state index is -0.573. The fourth-order valence-corrected chi connectivity index (χ4v) is 8.09. The highest BCUT2D eigenvalue weighted by Gasteiger charge is 2.62. The van der Waals surface area contributed by atoms with Gasteiger partial charge < -0.3 is 9.47 Å². The van der Waals surface area contributed by atoms with Crippen molar-refractivity contribution < 1.29 is 19.1 Å². The van der Waals surface area contributed by atoms with Crippen molar-refractivity contribution in [1.29, 1.82) is 0 Å². The molecule has 2 atom stereocenters. The van der Waals surface area contributed by atoms with Gasteiger partial charge in [0.05, 0.1) is 0 Å². The van der Waals surface area contributed by atoms with E-state index in [2.05, 4.69) is 40.7 Å². The molecule has 0 aromatic heterocycles. The van der Waals surface area contributed by atoms with Crippen LogP contribution in [0.4, 0.5) is 0 Å². The minimum absolute atomic E-state index is 0.0956. The molecular weight excluding hydrogens is 496 g/mol. The van der Waals surface area contributed by atoms with Crippen molar-refractivity contribution in [1.82, 2.24) is 0 Å². The molecule has 4 rings (SSSR count). The fraction of sp³-hybridized carbons (Fsp3) is 0.778. The van der Waals surface area contributed by atoms with E-state index in [1.807, 2.05) is 0 Å². The molecule has 0 bridgehead atoms. The van der Waals surface area contributed by atoms with Crippen LogP contribution in [-0.2, 0) is 21.4 Å². The first-order valence-corrected chi connectivity index (χ1v) is 16.9. The van der Waals surface area contributed by atoms with Crippen molar-refractivity contribution in [3.63, 3.8) is 0 Å². The number of unbranched alkanes of at least 4 members (excludes halogenated alkanes) is 12. The molecule has 0 radical (unpaired) electrons. The van der Waals surface area contributed by atoms with Crippen LogP contribution in [0, 0.1) is 11.3 Å². The number of esters is 2. The highest BCUT2D eigenvalue weighted by Crippen LogP contribution is 2.64. The molecule has 1 fully saturated rings. The molecule has 0 unspecified atom stereocenters. The molecule has 0 N–H and O–H groups in total. The molecule has 3 aliphatic rings. The zero-order chi connectivity index (χ0) is 28.8. The monoisotopic (exact) mass is 552 g/mol. The van der Waals surface area contributed by atoms with Gasteiger partial charge >= 0.3 is 11.9 Å². The molecule has 1 saturated carbocycles. The van der Waals surface area contributed by atoms with Gasteiger partial charge in [0.25, 0.3) is 0 Å². The van der Waals surface area contributed by atoms with Crippen LogP contribution < -0.4 is 9.47 Å². The van der Waals surface area contributed by atoms with E-state index in [0.29, 0.717) is 17.9 Å². The average molecular weight is 553 g/mol. The van der Waals surface area contributed by atoms with Gasteiger partial charge in [-0.1, -0.05) is 124 Å². The van der Waals surface area contributed by atoms with Crippen molar-refractivity contribution in [3.05, 3.63) is 22.8 Å². The SMILES string of the molecule is CCCCCCCCCCCCCCCC(=O)Oc1c(C(C)C)cc2c3c1OC(=O)[C@@]31CCCC(C)(C)[C@@H]1CC2. The van der Waals surface area contributed by atoms with Crippen LogP contribution in [0.1, 0.15) is 173 Å². The summed E-state index contributed by atoms with van der Waals surface area (Å²) in [5.74, 6) is 1.21. The molecule has 1 heterocycles. The van der Waals surface area contributed by atoms with Crippen molar-refractivity contribution in [2.75, 3.05) is 0 Å². The summed E-state index contributed by atoms with van der Waals surface area (Å²) in [5.41, 5.74) is 2.80. The Labute approximate surface area is 244 Å². The van der Waals surface area contributed by atoms with E-state index in [0.717, 1.165) is 56.1 Å². The second kappa shape index (κ2) is 13.9. The topological polar surface area (TPSA) is 52.6 Å². The molecule has 224 valence electrons.